The van der Waals surface area contributed by atoms with Crippen LogP contribution in [0, 0.1) is 0 Å². The van der Waals surface area contributed by atoms with Crippen LogP contribution in [0.4, 0.5) is 0 Å². The van der Waals surface area contributed by atoms with Gasteiger partial charge in [-0.2, -0.15) is 0 Å². The van der Waals surface area contributed by atoms with E-state index in [4.69, 9.17) is 11.6 Å². The first-order chi connectivity index (χ1) is 7.75. The molecule has 1 aromatic carbocycles. The number of aromatic amines is 1. The van der Waals surface area contributed by atoms with Crippen LogP contribution in [0.25, 0.3) is 21.8 Å². The van der Waals surface area contributed by atoms with Crippen molar-refractivity contribution < 1.29 is 0 Å². The molecule has 0 fully saturated rings. The number of aromatic nitrogens is 4. The van der Waals surface area contributed by atoms with Crippen LogP contribution in [0.2, 0.25) is 5.02 Å². The molecule has 5 nitrogen and oxygen atoms in total. The zero-order valence-electron chi connectivity index (χ0n) is 7.94. The van der Waals surface area contributed by atoms with E-state index in [1.165, 1.54) is 6.20 Å². The van der Waals surface area contributed by atoms with Crippen LogP contribution in [-0.2, 0) is 0 Å². The fourth-order valence-corrected chi connectivity index (χ4v) is 1.77. The van der Waals surface area contributed by atoms with Crippen molar-refractivity contribution in [1.29, 1.82) is 0 Å². The second kappa shape index (κ2) is 3.24. The van der Waals surface area contributed by atoms with Crippen molar-refractivity contribution in [3.8, 4) is 0 Å². The number of fused-ring (bicyclic) bond motifs is 3. The molecule has 0 atom stereocenters. The summed E-state index contributed by atoms with van der Waals surface area (Å²) in [5, 5.41) is 11.5. The third-order valence-electron chi connectivity index (χ3n) is 2.35. The molecule has 3 rings (SSSR count). The average Bonchev–Trinajstić information content (AvgIpc) is 2.28. The minimum Gasteiger partial charge on any atom is -0.267 e. The van der Waals surface area contributed by atoms with Gasteiger partial charge in [-0.15, -0.1) is 5.10 Å². The number of hydrogen-bond donors (Lipinski definition) is 1. The van der Waals surface area contributed by atoms with Gasteiger partial charge in [0.15, 0.2) is 0 Å². The fourth-order valence-electron chi connectivity index (χ4n) is 1.61. The molecule has 0 saturated carbocycles. The second-order valence-corrected chi connectivity index (χ2v) is 3.76. The predicted molar refractivity (Wildman–Crippen MR) is 60.5 cm³/mol. The summed E-state index contributed by atoms with van der Waals surface area (Å²) in [4.78, 5) is 15.6. The molecule has 2 heterocycles. The molecule has 0 aliphatic heterocycles. The molecule has 16 heavy (non-hydrogen) atoms. The Kier molecular flexibility index (Phi) is 1.87. The zero-order valence-corrected chi connectivity index (χ0v) is 8.69. The quantitative estimate of drug-likeness (QED) is 0.597. The van der Waals surface area contributed by atoms with Crippen molar-refractivity contribution in [3.05, 3.63) is 39.8 Å². The molecule has 0 radical (unpaired) electrons. The summed E-state index contributed by atoms with van der Waals surface area (Å²) in [5.74, 6) is 0. The Labute approximate surface area is 94.1 Å². The Morgan fingerprint density at radius 1 is 1.25 bits per heavy atom. The molecule has 0 spiro atoms. The summed E-state index contributed by atoms with van der Waals surface area (Å²) >= 11 is 5.86. The highest BCUT2D eigenvalue weighted by Gasteiger charge is 2.06. The maximum atomic E-state index is 11.5. The van der Waals surface area contributed by atoms with E-state index in [0.717, 1.165) is 5.39 Å². The minimum absolute atomic E-state index is 0.297. The lowest BCUT2D eigenvalue weighted by Gasteiger charge is -2.00. The molecule has 0 bridgehead atoms. The van der Waals surface area contributed by atoms with E-state index < -0.39 is 0 Å². The number of hydrogen-bond acceptors (Lipinski definition) is 4. The molecule has 6 heteroatoms. The Bertz CT molecular complexity index is 752. The van der Waals surface area contributed by atoms with Crippen LogP contribution >= 0.6 is 11.6 Å². The summed E-state index contributed by atoms with van der Waals surface area (Å²) in [6, 6.07) is 5.23. The lowest BCUT2D eigenvalue weighted by atomic mass is 10.1. The SMILES string of the molecule is O=c1[nH]nnc2c1cnc1cc(Cl)ccc12. The van der Waals surface area contributed by atoms with Crippen molar-refractivity contribution >= 4 is 33.4 Å². The van der Waals surface area contributed by atoms with Crippen LogP contribution in [-0.4, -0.2) is 20.4 Å². The number of rotatable bonds is 0. The Morgan fingerprint density at radius 3 is 3.00 bits per heavy atom. The minimum atomic E-state index is -0.297. The molecular formula is C10H5ClN4O. The monoisotopic (exact) mass is 232 g/mol. The number of nitrogens with one attached hydrogen (secondary N) is 1. The lowest BCUT2D eigenvalue weighted by Crippen LogP contribution is -2.10. The maximum absolute atomic E-state index is 11.5. The highest BCUT2D eigenvalue weighted by molar-refractivity contribution is 6.31. The van der Waals surface area contributed by atoms with E-state index in [1.54, 1.807) is 18.2 Å². The third kappa shape index (κ3) is 1.25. The summed E-state index contributed by atoms with van der Waals surface area (Å²) in [6.45, 7) is 0. The van der Waals surface area contributed by atoms with E-state index in [0.29, 0.717) is 21.4 Å². The van der Waals surface area contributed by atoms with Gasteiger partial charge in [-0.25, -0.2) is 5.10 Å². The van der Waals surface area contributed by atoms with Gasteiger partial charge in [0, 0.05) is 16.6 Å². The number of H-pyrrole nitrogens is 1. The van der Waals surface area contributed by atoms with Crippen molar-refractivity contribution in [3.63, 3.8) is 0 Å². The maximum Gasteiger partial charge on any atom is 0.276 e. The third-order valence-corrected chi connectivity index (χ3v) is 2.58. The smallest absolute Gasteiger partial charge is 0.267 e. The predicted octanol–water partition coefficient (Wildman–Crippen LogP) is 1.52. The number of benzene rings is 1. The second-order valence-electron chi connectivity index (χ2n) is 3.32. The van der Waals surface area contributed by atoms with Gasteiger partial charge in [-0.3, -0.25) is 9.78 Å². The van der Waals surface area contributed by atoms with Gasteiger partial charge < -0.3 is 0 Å². The van der Waals surface area contributed by atoms with Gasteiger partial charge in [0.25, 0.3) is 5.56 Å². The van der Waals surface area contributed by atoms with Crippen molar-refractivity contribution in [2.45, 2.75) is 0 Å². The summed E-state index contributed by atoms with van der Waals surface area (Å²) < 4.78 is 0. The molecule has 0 saturated heterocycles. The standard InChI is InChI=1S/C10H5ClN4O/c11-5-1-2-6-8(3-5)12-4-7-9(6)13-15-14-10(7)16/h1-4H,(H,13,14,16). The number of halogens is 1. The zero-order chi connectivity index (χ0) is 11.1. The molecular weight excluding hydrogens is 228 g/mol. The molecule has 1 N–H and O–H groups in total. The first-order valence-corrected chi connectivity index (χ1v) is 4.93. The molecule has 3 aromatic rings. The van der Waals surface area contributed by atoms with Crippen LogP contribution in [0.5, 0.6) is 0 Å². The molecule has 0 unspecified atom stereocenters. The van der Waals surface area contributed by atoms with E-state index >= 15 is 0 Å². The molecule has 2 aromatic heterocycles. The molecule has 78 valence electrons. The Morgan fingerprint density at radius 2 is 2.12 bits per heavy atom. The first-order valence-electron chi connectivity index (χ1n) is 4.55. The van der Waals surface area contributed by atoms with Gasteiger partial charge in [0.2, 0.25) is 0 Å². The molecule has 0 aliphatic rings. The number of pyridine rings is 1. The topological polar surface area (TPSA) is 71.5 Å². The summed E-state index contributed by atoms with van der Waals surface area (Å²) in [7, 11) is 0. The van der Waals surface area contributed by atoms with Crippen molar-refractivity contribution in [2.24, 2.45) is 0 Å². The van der Waals surface area contributed by atoms with E-state index in [-0.39, 0.29) is 5.56 Å². The lowest BCUT2D eigenvalue weighted by molar-refractivity contribution is 0.873. The van der Waals surface area contributed by atoms with Crippen molar-refractivity contribution in [2.75, 3.05) is 0 Å². The number of nitrogens with zero attached hydrogens (tertiary/aromatic N) is 3. The van der Waals surface area contributed by atoms with Gasteiger partial charge in [-0.05, 0) is 18.2 Å². The largest absolute Gasteiger partial charge is 0.276 e. The molecule has 0 amide bonds. The van der Waals surface area contributed by atoms with Gasteiger partial charge in [0.1, 0.15) is 5.52 Å². The van der Waals surface area contributed by atoms with Crippen LogP contribution < -0.4 is 5.56 Å². The van der Waals surface area contributed by atoms with E-state index in [9.17, 15) is 4.79 Å². The van der Waals surface area contributed by atoms with Crippen LogP contribution in [0.1, 0.15) is 0 Å². The van der Waals surface area contributed by atoms with Crippen LogP contribution in [0.15, 0.2) is 29.2 Å². The Balaban J connectivity index is 2.60. The Hall–Kier alpha value is -2.01. The highest BCUT2D eigenvalue weighted by atomic mass is 35.5. The summed E-state index contributed by atoms with van der Waals surface area (Å²) in [5.41, 5.74) is 0.930. The van der Waals surface area contributed by atoms with Gasteiger partial charge in [0.05, 0.1) is 10.9 Å². The average molecular weight is 233 g/mol. The van der Waals surface area contributed by atoms with Gasteiger partial charge >= 0.3 is 0 Å². The van der Waals surface area contributed by atoms with E-state index in [2.05, 4.69) is 20.4 Å². The van der Waals surface area contributed by atoms with Crippen molar-refractivity contribution in [1.82, 2.24) is 20.4 Å². The van der Waals surface area contributed by atoms with Gasteiger partial charge in [-0.1, -0.05) is 16.8 Å². The normalized spacial score (nSPS) is 11.1. The molecule has 0 aliphatic carbocycles. The summed E-state index contributed by atoms with van der Waals surface area (Å²) in [6.07, 6.45) is 1.47. The van der Waals surface area contributed by atoms with Crippen LogP contribution in [0.3, 0.4) is 0 Å². The highest BCUT2D eigenvalue weighted by Crippen LogP contribution is 2.21. The fraction of sp³-hybridized carbons (Fsp3) is 0. The first kappa shape index (κ1) is 9.23. The van der Waals surface area contributed by atoms with E-state index in [1.807, 2.05) is 0 Å².